The van der Waals surface area contributed by atoms with Crippen LogP contribution in [0.5, 0.6) is 0 Å². The molecule has 1 aromatic carbocycles. The Morgan fingerprint density at radius 1 is 1.18 bits per heavy atom. The van der Waals surface area contributed by atoms with Gasteiger partial charge in [-0.05, 0) is 68.2 Å². The number of benzene rings is 1. The summed E-state index contributed by atoms with van der Waals surface area (Å²) in [5.41, 5.74) is 7.74. The molecule has 3 N–H and O–H groups in total. The highest BCUT2D eigenvalue weighted by molar-refractivity contribution is 5.51. The summed E-state index contributed by atoms with van der Waals surface area (Å²) < 4.78 is 0. The molecule has 0 radical (unpaired) electrons. The van der Waals surface area contributed by atoms with Crippen molar-refractivity contribution in [1.29, 1.82) is 0 Å². The summed E-state index contributed by atoms with van der Waals surface area (Å²) in [7, 11) is 0. The van der Waals surface area contributed by atoms with Crippen LogP contribution in [-0.4, -0.2) is 6.04 Å². The van der Waals surface area contributed by atoms with Crippen LogP contribution in [0.15, 0.2) is 24.3 Å². The van der Waals surface area contributed by atoms with Crippen molar-refractivity contribution in [3.63, 3.8) is 0 Å². The summed E-state index contributed by atoms with van der Waals surface area (Å²) in [6.45, 7) is 2.34. The SMILES string of the molecule is CC(Nc1ccc(N)cc1)C1CC2CCC1C2. The van der Waals surface area contributed by atoms with Crippen LogP contribution in [0, 0.1) is 17.8 Å². The highest BCUT2D eigenvalue weighted by atomic mass is 14.9. The second kappa shape index (κ2) is 4.25. The van der Waals surface area contributed by atoms with Crippen molar-refractivity contribution in [2.45, 2.75) is 38.6 Å². The van der Waals surface area contributed by atoms with E-state index in [4.69, 9.17) is 5.73 Å². The molecule has 2 heteroatoms. The number of nitrogens with two attached hydrogens (primary N) is 1. The lowest BCUT2D eigenvalue weighted by molar-refractivity contribution is 0.304. The molecule has 2 saturated carbocycles. The number of fused-ring (bicyclic) bond motifs is 2. The van der Waals surface area contributed by atoms with E-state index >= 15 is 0 Å². The van der Waals surface area contributed by atoms with Crippen LogP contribution in [0.3, 0.4) is 0 Å². The molecule has 0 saturated heterocycles. The van der Waals surface area contributed by atoms with Gasteiger partial charge in [-0.3, -0.25) is 0 Å². The summed E-state index contributed by atoms with van der Waals surface area (Å²) in [5.74, 6) is 2.89. The Balaban J connectivity index is 1.63. The molecular weight excluding hydrogens is 208 g/mol. The monoisotopic (exact) mass is 230 g/mol. The summed E-state index contributed by atoms with van der Waals surface area (Å²) >= 11 is 0. The molecule has 4 unspecified atom stereocenters. The Morgan fingerprint density at radius 2 is 1.94 bits per heavy atom. The van der Waals surface area contributed by atoms with Crippen molar-refractivity contribution < 1.29 is 0 Å². The summed E-state index contributed by atoms with van der Waals surface area (Å²) in [6.07, 6.45) is 5.87. The fraction of sp³-hybridized carbons (Fsp3) is 0.600. The Kier molecular flexibility index (Phi) is 2.73. The molecule has 92 valence electrons. The Labute approximate surface area is 104 Å². The molecule has 0 amide bonds. The van der Waals surface area contributed by atoms with Crippen LogP contribution in [0.1, 0.15) is 32.6 Å². The maximum absolute atomic E-state index is 5.70. The predicted octanol–water partition coefficient (Wildman–Crippen LogP) is 3.51. The van der Waals surface area contributed by atoms with E-state index in [1.54, 1.807) is 0 Å². The van der Waals surface area contributed by atoms with Gasteiger partial charge in [0, 0.05) is 17.4 Å². The standard InChI is InChI=1S/C15H22N2/c1-10(15-9-11-2-3-12(15)8-11)17-14-6-4-13(16)5-7-14/h4-7,10-12,15,17H,2-3,8-9,16H2,1H3. The van der Waals surface area contributed by atoms with Gasteiger partial charge >= 0.3 is 0 Å². The lowest BCUT2D eigenvalue weighted by Gasteiger charge is -2.29. The zero-order valence-electron chi connectivity index (χ0n) is 10.5. The zero-order chi connectivity index (χ0) is 11.8. The first kappa shape index (κ1) is 10.9. The van der Waals surface area contributed by atoms with E-state index in [2.05, 4.69) is 24.4 Å². The number of hydrogen-bond acceptors (Lipinski definition) is 2. The molecule has 2 bridgehead atoms. The molecule has 4 atom stereocenters. The maximum Gasteiger partial charge on any atom is 0.0343 e. The van der Waals surface area contributed by atoms with E-state index < -0.39 is 0 Å². The highest BCUT2D eigenvalue weighted by Gasteiger charge is 2.41. The van der Waals surface area contributed by atoms with Gasteiger partial charge < -0.3 is 11.1 Å². The second-order valence-corrected chi connectivity index (χ2v) is 5.89. The molecule has 2 nitrogen and oxygen atoms in total. The van der Waals surface area contributed by atoms with Gasteiger partial charge in [0.15, 0.2) is 0 Å². The normalized spacial score (nSPS) is 32.6. The van der Waals surface area contributed by atoms with Gasteiger partial charge in [0.2, 0.25) is 0 Å². The Hall–Kier alpha value is -1.18. The minimum absolute atomic E-state index is 0.592. The topological polar surface area (TPSA) is 38.0 Å². The largest absolute Gasteiger partial charge is 0.399 e. The molecule has 0 aromatic heterocycles. The van der Waals surface area contributed by atoms with E-state index in [1.807, 2.05) is 12.1 Å². The van der Waals surface area contributed by atoms with Crippen molar-refractivity contribution >= 4 is 11.4 Å². The third kappa shape index (κ3) is 2.13. The molecular formula is C15H22N2. The van der Waals surface area contributed by atoms with Crippen molar-refractivity contribution in [2.75, 3.05) is 11.1 Å². The van der Waals surface area contributed by atoms with E-state index in [0.29, 0.717) is 6.04 Å². The van der Waals surface area contributed by atoms with Crippen molar-refractivity contribution in [1.82, 2.24) is 0 Å². The highest BCUT2D eigenvalue weighted by Crippen LogP contribution is 2.49. The molecule has 0 heterocycles. The van der Waals surface area contributed by atoms with E-state index in [-0.39, 0.29) is 0 Å². The van der Waals surface area contributed by atoms with Crippen LogP contribution >= 0.6 is 0 Å². The molecule has 2 fully saturated rings. The van der Waals surface area contributed by atoms with Crippen molar-refractivity contribution in [3.05, 3.63) is 24.3 Å². The van der Waals surface area contributed by atoms with Crippen LogP contribution in [0.2, 0.25) is 0 Å². The van der Waals surface area contributed by atoms with Crippen LogP contribution in [0.25, 0.3) is 0 Å². The third-order valence-corrected chi connectivity index (χ3v) is 4.74. The zero-order valence-corrected chi connectivity index (χ0v) is 10.5. The van der Waals surface area contributed by atoms with Crippen LogP contribution in [-0.2, 0) is 0 Å². The summed E-state index contributed by atoms with van der Waals surface area (Å²) in [6, 6.07) is 8.69. The average molecular weight is 230 g/mol. The third-order valence-electron chi connectivity index (χ3n) is 4.74. The van der Waals surface area contributed by atoms with Gasteiger partial charge in [-0.1, -0.05) is 6.42 Å². The van der Waals surface area contributed by atoms with Gasteiger partial charge in [0.25, 0.3) is 0 Å². The molecule has 2 aliphatic rings. The van der Waals surface area contributed by atoms with E-state index in [0.717, 1.165) is 23.4 Å². The first-order valence-electron chi connectivity index (χ1n) is 6.84. The van der Waals surface area contributed by atoms with Crippen LogP contribution in [0.4, 0.5) is 11.4 Å². The first-order valence-corrected chi connectivity index (χ1v) is 6.84. The molecule has 0 spiro atoms. The average Bonchev–Trinajstić information content (AvgIpc) is 2.94. The number of hydrogen-bond donors (Lipinski definition) is 2. The number of rotatable bonds is 3. The lowest BCUT2D eigenvalue weighted by atomic mass is 9.84. The smallest absolute Gasteiger partial charge is 0.0343 e. The van der Waals surface area contributed by atoms with E-state index in [9.17, 15) is 0 Å². The lowest BCUT2D eigenvalue weighted by Crippen LogP contribution is -2.29. The summed E-state index contributed by atoms with van der Waals surface area (Å²) in [5, 5.41) is 3.64. The van der Waals surface area contributed by atoms with Crippen LogP contribution < -0.4 is 11.1 Å². The van der Waals surface area contributed by atoms with E-state index in [1.165, 1.54) is 31.4 Å². The van der Waals surface area contributed by atoms with Gasteiger partial charge in [-0.15, -0.1) is 0 Å². The number of nitrogens with one attached hydrogen (secondary N) is 1. The quantitative estimate of drug-likeness (QED) is 0.780. The van der Waals surface area contributed by atoms with Gasteiger partial charge in [0.1, 0.15) is 0 Å². The first-order chi connectivity index (χ1) is 8.22. The fourth-order valence-electron chi connectivity index (χ4n) is 3.86. The molecule has 0 aliphatic heterocycles. The molecule has 2 aliphatic carbocycles. The Morgan fingerprint density at radius 3 is 2.53 bits per heavy atom. The fourth-order valence-corrected chi connectivity index (χ4v) is 3.86. The van der Waals surface area contributed by atoms with Crippen molar-refractivity contribution in [3.8, 4) is 0 Å². The number of anilines is 2. The molecule has 1 aromatic rings. The minimum atomic E-state index is 0.592. The molecule has 17 heavy (non-hydrogen) atoms. The maximum atomic E-state index is 5.70. The molecule has 3 rings (SSSR count). The predicted molar refractivity (Wildman–Crippen MR) is 72.9 cm³/mol. The van der Waals surface area contributed by atoms with Gasteiger partial charge in [-0.25, -0.2) is 0 Å². The van der Waals surface area contributed by atoms with Gasteiger partial charge in [-0.2, -0.15) is 0 Å². The number of nitrogen functional groups attached to an aromatic ring is 1. The Bertz CT molecular complexity index is 384. The summed E-state index contributed by atoms with van der Waals surface area (Å²) in [4.78, 5) is 0. The van der Waals surface area contributed by atoms with Crippen molar-refractivity contribution in [2.24, 2.45) is 17.8 Å². The minimum Gasteiger partial charge on any atom is -0.399 e. The van der Waals surface area contributed by atoms with Gasteiger partial charge in [0.05, 0.1) is 0 Å². The second-order valence-electron chi connectivity index (χ2n) is 5.89.